The van der Waals surface area contributed by atoms with E-state index in [0.717, 1.165) is 31.4 Å². The molecule has 3 rings (SSSR count). The molecule has 0 radical (unpaired) electrons. The molecule has 0 saturated heterocycles. The first kappa shape index (κ1) is 16.6. The van der Waals surface area contributed by atoms with Crippen molar-refractivity contribution in [2.75, 3.05) is 12.4 Å². The number of aryl methyl sites for hydroxylation is 2. The summed E-state index contributed by atoms with van der Waals surface area (Å²) in [5.74, 6) is 0.921. The summed E-state index contributed by atoms with van der Waals surface area (Å²) in [5.41, 5.74) is 3.11. The minimum Gasteiger partial charge on any atom is -0.497 e. The molecule has 1 atom stereocenters. The third-order valence-corrected chi connectivity index (χ3v) is 4.30. The molecule has 6 heteroatoms. The zero-order valence-electron chi connectivity index (χ0n) is 13.9. The SMILES string of the molecule is COc1ccc2c(c1)CCCC(Nc1cc(C)nc(C(F)F)n1)C2. The minimum absolute atomic E-state index is 0.166. The van der Waals surface area contributed by atoms with Gasteiger partial charge in [0.05, 0.1) is 7.11 Å². The van der Waals surface area contributed by atoms with Gasteiger partial charge in [-0.1, -0.05) is 6.07 Å². The predicted molar refractivity (Wildman–Crippen MR) is 88.8 cm³/mol. The molecule has 1 heterocycles. The van der Waals surface area contributed by atoms with E-state index < -0.39 is 12.2 Å². The number of aromatic nitrogens is 2. The number of benzene rings is 1. The Labute approximate surface area is 140 Å². The van der Waals surface area contributed by atoms with Crippen molar-refractivity contribution >= 4 is 5.82 Å². The van der Waals surface area contributed by atoms with E-state index >= 15 is 0 Å². The van der Waals surface area contributed by atoms with Gasteiger partial charge in [0.2, 0.25) is 0 Å². The van der Waals surface area contributed by atoms with Crippen LogP contribution >= 0.6 is 0 Å². The Kier molecular flexibility index (Phi) is 4.92. The van der Waals surface area contributed by atoms with Crippen LogP contribution in [0.1, 0.15) is 41.9 Å². The van der Waals surface area contributed by atoms with Gasteiger partial charge in [0.15, 0.2) is 5.82 Å². The van der Waals surface area contributed by atoms with Gasteiger partial charge in [-0.2, -0.15) is 0 Å². The van der Waals surface area contributed by atoms with Crippen molar-refractivity contribution in [3.05, 3.63) is 46.9 Å². The molecule has 1 unspecified atom stereocenters. The first-order valence-electron chi connectivity index (χ1n) is 8.11. The van der Waals surface area contributed by atoms with E-state index in [1.165, 1.54) is 11.1 Å². The summed E-state index contributed by atoms with van der Waals surface area (Å²) in [6.45, 7) is 1.70. The second-order valence-electron chi connectivity index (χ2n) is 6.13. The third kappa shape index (κ3) is 3.80. The molecule has 128 valence electrons. The molecule has 0 bridgehead atoms. The highest BCUT2D eigenvalue weighted by Gasteiger charge is 2.19. The molecule has 4 nitrogen and oxygen atoms in total. The molecular formula is C18H21F2N3O. The Hall–Kier alpha value is -2.24. The highest BCUT2D eigenvalue weighted by molar-refractivity contribution is 5.41. The summed E-state index contributed by atoms with van der Waals surface area (Å²) < 4.78 is 31.0. The monoisotopic (exact) mass is 333 g/mol. The fourth-order valence-electron chi connectivity index (χ4n) is 3.16. The molecule has 1 aromatic heterocycles. The summed E-state index contributed by atoms with van der Waals surface area (Å²) in [6, 6.07) is 8.02. The maximum atomic E-state index is 12.9. The Bertz CT molecular complexity index is 721. The number of rotatable bonds is 4. The summed E-state index contributed by atoms with van der Waals surface area (Å²) in [4.78, 5) is 7.73. The van der Waals surface area contributed by atoms with Crippen LogP contribution < -0.4 is 10.1 Å². The Balaban J connectivity index is 1.78. The van der Waals surface area contributed by atoms with Crippen molar-refractivity contribution in [3.8, 4) is 5.75 Å². The predicted octanol–water partition coefficient (Wildman–Crippen LogP) is 4.09. The Morgan fingerprint density at radius 2 is 2.04 bits per heavy atom. The molecule has 1 aliphatic carbocycles. The lowest BCUT2D eigenvalue weighted by Crippen LogP contribution is -2.22. The van der Waals surface area contributed by atoms with E-state index in [1.807, 2.05) is 6.07 Å². The first-order chi connectivity index (χ1) is 11.5. The normalized spacial score (nSPS) is 17.3. The fourth-order valence-corrected chi connectivity index (χ4v) is 3.16. The van der Waals surface area contributed by atoms with Crippen LogP contribution in [0.2, 0.25) is 0 Å². The maximum absolute atomic E-state index is 12.9. The second-order valence-corrected chi connectivity index (χ2v) is 6.13. The lowest BCUT2D eigenvalue weighted by Gasteiger charge is -2.18. The second kappa shape index (κ2) is 7.11. The molecule has 2 aromatic rings. The van der Waals surface area contributed by atoms with Crippen LogP contribution in [0.5, 0.6) is 5.75 Å². The zero-order chi connectivity index (χ0) is 17.1. The third-order valence-electron chi connectivity index (χ3n) is 4.30. The van der Waals surface area contributed by atoms with E-state index in [2.05, 4.69) is 27.4 Å². The van der Waals surface area contributed by atoms with Crippen LogP contribution in [-0.2, 0) is 12.8 Å². The molecule has 0 saturated carbocycles. The van der Waals surface area contributed by atoms with E-state index in [9.17, 15) is 8.78 Å². The van der Waals surface area contributed by atoms with Gasteiger partial charge in [0, 0.05) is 17.8 Å². The van der Waals surface area contributed by atoms with Crippen LogP contribution in [0.3, 0.4) is 0 Å². The molecule has 0 fully saturated rings. The van der Waals surface area contributed by atoms with Crippen LogP contribution in [0.4, 0.5) is 14.6 Å². The summed E-state index contributed by atoms with van der Waals surface area (Å²) in [6.07, 6.45) is 1.17. The van der Waals surface area contributed by atoms with Crippen LogP contribution in [0, 0.1) is 6.92 Å². The number of hydrogen-bond acceptors (Lipinski definition) is 4. The van der Waals surface area contributed by atoms with Gasteiger partial charge in [-0.15, -0.1) is 0 Å². The van der Waals surface area contributed by atoms with Gasteiger partial charge < -0.3 is 10.1 Å². The largest absolute Gasteiger partial charge is 0.497 e. The highest BCUT2D eigenvalue weighted by Crippen LogP contribution is 2.26. The van der Waals surface area contributed by atoms with Crippen molar-refractivity contribution in [1.82, 2.24) is 9.97 Å². The quantitative estimate of drug-likeness (QED) is 0.856. The first-order valence-corrected chi connectivity index (χ1v) is 8.11. The Morgan fingerprint density at radius 1 is 1.21 bits per heavy atom. The number of alkyl halides is 2. The lowest BCUT2D eigenvalue weighted by atomic mass is 10.0. The van der Waals surface area contributed by atoms with E-state index in [4.69, 9.17) is 4.74 Å². The average Bonchev–Trinajstić information content (AvgIpc) is 2.75. The van der Waals surface area contributed by atoms with Gasteiger partial charge in [0.1, 0.15) is 11.6 Å². The van der Waals surface area contributed by atoms with Gasteiger partial charge in [-0.05, 0) is 55.9 Å². The molecule has 0 amide bonds. The molecule has 0 spiro atoms. The Morgan fingerprint density at radius 3 is 2.79 bits per heavy atom. The summed E-state index contributed by atoms with van der Waals surface area (Å²) >= 11 is 0. The number of ether oxygens (including phenoxy) is 1. The molecule has 24 heavy (non-hydrogen) atoms. The zero-order valence-corrected chi connectivity index (χ0v) is 13.9. The number of anilines is 1. The maximum Gasteiger partial charge on any atom is 0.297 e. The van der Waals surface area contributed by atoms with Gasteiger partial charge in [-0.25, -0.2) is 18.7 Å². The van der Waals surface area contributed by atoms with E-state index in [-0.39, 0.29) is 6.04 Å². The van der Waals surface area contributed by atoms with Crippen molar-refractivity contribution in [3.63, 3.8) is 0 Å². The van der Waals surface area contributed by atoms with E-state index in [0.29, 0.717) is 11.5 Å². The van der Waals surface area contributed by atoms with Crippen LogP contribution in [0.25, 0.3) is 0 Å². The average molecular weight is 333 g/mol. The van der Waals surface area contributed by atoms with Crippen LogP contribution in [0.15, 0.2) is 24.3 Å². The van der Waals surface area contributed by atoms with Crippen molar-refractivity contribution in [2.24, 2.45) is 0 Å². The van der Waals surface area contributed by atoms with Crippen LogP contribution in [-0.4, -0.2) is 23.1 Å². The molecule has 1 aliphatic rings. The van der Waals surface area contributed by atoms with Crippen molar-refractivity contribution in [2.45, 2.75) is 45.1 Å². The number of fused-ring (bicyclic) bond motifs is 1. The van der Waals surface area contributed by atoms with Gasteiger partial charge >= 0.3 is 0 Å². The smallest absolute Gasteiger partial charge is 0.297 e. The van der Waals surface area contributed by atoms with E-state index in [1.54, 1.807) is 20.1 Å². The molecule has 0 aliphatic heterocycles. The number of halogens is 2. The van der Waals surface area contributed by atoms with Crippen molar-refractivity contribution < 1.29 is 13.5 Å². The van der Waals surface area contributed by atoms with Gasteiger partial charge in [0.25, 0.3) is 6.43 Å². The number of nitrogens with one attached hydrogen (secondary N) is 1. The summed E-state index contributed by atoms with van der Waals surface area (Å²) in [7, 11) is 1.67. The fraction of sp³-hybridized carbons (Fsp3) is 0.444. The molecular weight excluding hydrogens is 312 g/mol. The molecule has 1 aromatic carbocycles. The highest BCUT2D eigenvalue weighted by atomic mass is 19.3. The molecule has 1 N–H and O–H groups in total. The van der Waals surface area contributed by atoms with Gasteiger partial charge in [-0.3, -0.25) is 0 Å². The number of nitrogens with zero attached hydrogens (tertiary/aromatic N) is 2. The standard InChI is InChI=1S/C18H21F2N3O/c1-11-8-16(23-18(21-11)17(19)20)22-14-5-3-4-12-10-15(24-2)7-6-13(12)9-14/h6-8,10,14,17H,3-5,9H2,1-2H3,(H,21,22,23). The summed E-state index contributed by atoms with van der Waals surface area (Å²) in [5, 5.41) is 3.31. The number of methoxy groups -OCH3 is 1. The van der Waals surface area contributed by atoms with Crippen molar-refractivity contribution in [1.29, 1.82) is 0 Å². The minimum atomic E-state index is -2.66. The number of hydrogen-bond donors (Lipinski definition) is 1. The lowest BCUT2D eigenvalue weighted by molar-refractivity contribution is 0.140. The topological polar surface area (TPSA) is 47.0 Å².